The number of halogens is 1. The van der Waals surface area contributed by atoms with E-state index >= 15 is 0 Å². The summed E-state index contributed by atoms with van der Waals surface area (Å²) >= 11 is 0. The van der Waals surface area contributed by atoms with Gasteiger partial charge in [0.1, 0.15) is 0 Å². The maximum atomic E-state index is 13.1. The van der Waals surface area contributed by atoms with E-state index in [9.17, 15) is 17.9 Å². The third-order valence-corrected chi connectivity index (χ3v) is 7.55. The van der Waals surface area contributed by atoms with Crippen LogP contribution in [0.25, 0.3) is 12.2 Å². The number of aromatic hydroxyl groups is 1. The number of phenolic OH excluding ortho intramolecular Hbond substituents is 1. The Balaban J connectivity index is 1.40. The molecule has 0 unspecified atom stereocenters. The lowest BCUT2D eigenvalue weighted by molar-refractivity contribution is 0.432. The standard InChI is InChI=1S/C23H23FN4O3S/c24-21-8-3-16(13-22(21)29)1-2-17-14-26-23(27-15-17)28-18-4-6-19(7-5-18)32(30,31)20-9-11-25-12-10-20/h1-8,13-15,20,25,29H,9-12H2,(H,26,27,28)/b2-1+. The topological polar surface area (TPSA) is 104 Å². The molecule has 0 bridgehead atoms. The van der Waals surface area contributed by atoms with E-state index in [0.29, 0.717) is 34.9 Å². The predicted octanol–water partition coefficient (Wildman–Crippen LogP) is 3.76. The van der Waals surface area contributed by atoms with Crippen molar-refractivity contribution in [2.75, 3.05) is 18.4 Å². The van der Waals surface area contributed by atoms with Crippen molar-refractivity contribution < 1.29 is 17.9 Å². The first kappa shape index (κ1) is 21.9. The molecule has 7 nitrogen and oxygen atoms in total. The molecule has 32 heavy (non-hydrogen) atoms. The van der Waals surface area contributed by atoms with Gasteiger partial charge >= 0.3 is 0 Å². The molecule has 9 heteroatoms. The number of hydrogen-bond acceptors (Lipinski definition) is 7. The number of phenols is 1. The minimum absolute atomic E-state index is 0.322. The SMILES string of the molecule is O=S(=O)(c1ccc(Nc2ncc(/C=C/c3ccc(F)c(O)c3)cn2)cc1)C1CCNCC1. The van der Waals surface area contributed by atoms with Crippen molar-refractivity contribution in [2.45, 2.75) is 23.0 Å². The number of anilines is 2. The molecule has 166 valence electrons. The lowest BCUT2D eigenvalue weighted by Gasteiger charge is -2.22. The van der Waals surface area contributed by atoms with Crippen LogP contribution < -0.4 is 10.6 Å². The van der Waals surface area contributed by atoms with Gasteiger partial charge in [0.15, 0.2) is 21.4 Å². The number of aromatic nitrogens is 2. The van der Waals surface area contributed by atoms with Gasteiger partial charge < -0.3 is 15.7 Å². The highest BCUT2D eigenvalue weighted by molar-refractivity contribution is 7.92. The molecule has 0 spiro atoms. The van der Waals surface area contributed by atoms with E-state index in [-0.39, 0.29) is 5.25 Å². The van der Waals surface area contributed by atoms with Gasteiger partial charge in [0.05, 0.1) is 10.1 Å². The summed E-state index contributed by atoms with van der Waals surface area (Å²) < 4.78 is 38.7. The van der Waals surface area contributed by atoms with Crippen LogP contribution in [0.1, 0.15) is 24.0 Å². The lowest BCUT2D eigenvalue weighted by atomic mass is 10.1. The first-order chi connectivity index (χ1) is 15.4. The van der Waals surface area contributed by atoms with Crippen LogP contribution in [-0.4, -0.2) is 41.8 Å². The van der Waals surface area contributed by atoms with Crippen LogP contribution in [0.4, 0.5) is 16.0 Å². The number of nitrogens with zero attached hydrogens (tertiary/aromatic N) is 2. The van der Waals surface area contributed by atoms with Crippen LogP contribution in [0.3, 0.4) is 0 Å². The van der Waals surface area contributed by atoms with Crippen LogP contribution in [-0.2, 0) is 9.84 Å². The third kappa shape index (κ3) is 5.12. The summed E-state index contributed by atoms with van der Waals surface area (Å²) in [6.07, 6.45) is 7.94. The Bertz CT molecular complexity index is 1210. The molecule has 0 aliphatic carbocycles. The molecule has 1 aromatic heterocycles. The minimum Gasteiger partial charge on any atom is -0.505 e. The maximum Gasteiger partial charge on any atom is 0.227 e. The van der Waals surface area contributed by atoms with Gasteiger partial charge in [0, 0.05) is 23.6 Å². The molecule has 3 N–H and O–H groups in total. The molecule has 4 rings (SSSR count). The Labute approximate surface area is 186 Å². The normalized spacial score (nSPS) is 15.2. The molecule has 1 aliphatic heterocycles. The zero-order valence-electron chi connectivity index (χ0n) is 17.2. The Morgan fingerprint density at radius 2 is 1.66 bits per heavy atom. The van der Waals surface area contributed by atoms with Crippen molar-refractivity contribution >= 4 is 33.6 Å². The summed E-state index contributed by atoms with van der Waals surface area (Å²) in [5.74, 6) is -0.703. The molecule has 1 aliphatic rings. The molecule has 0 saturated carbocycles. The second-order valence-electron chi connectivity index (χ2n) is 7.53. The fourth-order valence-corrected chi connectivity index (χ4v) is 5.23. The molecule has 2 aromatic carbocycles. The highest BCUT2D eigenvalue weighted by Gasteiger charge is 2.28. The van der Waals surface area contributed by atoms with E-state index in [4.69, 9.17) is 0 Å². The van der Waals surface area contributed by atoms with Crippen LogP contribution in [0, 0.1) is 5.82 Å². The van der Waals surface area contributed by atoms with Crippen molar-refractivity contribution in [2.24, 2.45) is 0 Å². The van der Waals surface area contributed by atoms with Gasteiger partial charge in [-0.2, -0.15) is 0 Å². The Morgan fingerprint density at radius 1 is 1.00 bits per heavy atom. The predicted molar refractivity (Wildman–Crippen MR) is 122 cm³/mol. The van der Waals surface area contributed by atoms with E-state index in [1.165, 1.54) is 12.1 Å². The Kier molecular flexibility index (Phi) is 6.48. The van der Waals surface area contributed by atoms with Crippen molar-refractivity contribution in [3.05, 3.63) is 71.8 Å². The summed E-state index contributed by atoms with van der Waals surface area (Å²) in [6.45, 7) is 1.44. The van der Waals surface area contributed by atoms with Crippen molar-refractivity contribution in [3.63, 3.8) is 0 Å². The van der Waals surface area contributed by atoms with E-state index in [2.05, 4.69) is 20.6 Å². The van der Waals surface area contributed by atoms with Crippen molar-refractivity contribution in [1.29, 1.82) is 0 Å². The first-order valence-electron chi connectivity index (χ1n) is 10.2. The van der Waals surface area contributed by atoms with Crippen LogP contribution >= 0.6 is 0 Å². The van der Waals surface area contributed by atoms with Crippen LogP contribution in [0.2, 0.25) is 0 Å². The quantitative estimate of drug-likeness (QED) is 0.521. The van der Waals surface area contributed by atoms with Crippen molar-refractivity contribution in [1.82, 2.24) is 15.3 Å². The molecule has 0 radical (unpaired) electrons. The number of nitrogens with one attached hydrogen (secondary N) is 2. The third-order valence-electron chi connectivity index (χ3n) is 5.27. The molecule has 1 saturated heterocycles. The second-order valence-corrected chi connectivity index (χ2v) is 9.76. The van der Waals surface area contributed by atoms with Crippen molar-refractivity contribution in [3.8, 4) is 5.75 Å². The smallest absolute Gasteiger partial charge is 0.227 e. The second kappa shape index (κ2) is 9.46. The van der Waals surface area contributed by atoms with Gasteiger partial charge in [-0.25, -0.2) is 22.8 Å². The summed E-state index contributed by atoms with van der Waals surface area (Å²) in [6, 6.07) is 10.7. The fraction of sp³-hybridized carbons (Fsp3) is 0.217. The van der Waals surface area contributed by atoms with Gasteiger partial charge in [-0.05, 0) is 67.9 Å². The van der Waals surface area contributed by atoms with E-state index < -0.39 is 21.4 Å². The number of piperidine rings is 1. The number of rotatable bonds is 6. The largest absolute Gasteiger partial charge is 0.505 e. The average molecular weight is 455 g/mol. The number of benzene rings is 2. The van der Waals surface area contributed by atoms with E-state index in [1.54, 1.807) is 54.9 Å². The molecule has 1 fully saturated rings. The minimum atomic E-state index is -3.33. The number of hydrogen-bond donors (Lipinski definition) is 3. The molecule has 2 heterocycles. The summed E-state index contributed by atoms with van der Waals surface area (Å²) in [5, 5.41) is 15.3. The molecular weight excluding hydrogens is 431 g/mol. The zero-order chi connectivity index (χ0) is 22.6. The number of sulfone groups is 1. The molecular formula is C23H23FN4O3S. The Morgan fingerprint density at radius 3 is 2.31 bits per heavy atom. The van der Waals surface area contributed by atoms with Gasteiger partial charge in [0.2, 0.25) is 5.95 Å². The highest BCUT2D eigenvalue weighted by atomic mass is 32.2. The van der Waals surface area contributed by atoms with Gasteiger partial charge in [-0.15, -0.1) is 0 Å². The van der Waals surface area contributed by atoms with Gasteiger partial charge in [-0.1, -0.05) is 18.2 Å². The van der Waals surface area contributed by atoms with Crippen LogP contribution in [0.15, 0.2) is 59.8 Å². The first-order valence-corrected chi connectivity index (χ1v) is 11.8. The van der Waals surface area contributed by atoms with E-state index in [0.717, 1.165) is 18.7 Å². The van der Waals surface area contributed by atoms with Crippen LogP contribution in [0.5, 0.6) is 5.75 Å². The van der Waals surface area contributed by atoms with Gasteiger partial charge in [-0.3, -0.25) is 0 Å². The van der Waals surface area contributed by atoms with Gasteiger partial charge in [0.25, 0.3) is 0 Å². The van der Waals surface area contributed by atoms with E-state index in [1.807, 2.05) is 0 Å². The lowest BCUT2D eigenvalue weighted by Crippen LogP contribution is -2.35. The highest BCUT2D eigenvalue weighted by Crippen LogP contribution is 2.24. The monoisotopic (exact) mass is 454 g/mol. The summed E-state index contributed by atoms with van der Waals surface area (Å²) in [7, 11) is -3.33. The summed E-state index contributed by atoms with van der Waals surface area (Å²) in [5.41, 5.74) is 2.05. The molecule has 3 aromatic rings. The average Bonchev–Trinajstić information content (AvgIpc) is 2.82. The maximum absolute atomic E-state index is 13.1. The molecule has 0 atom stereocenters. The fourth-order valence-electron chi connectivity index (χ4n) is 3.47. The zero-order valence-corrected chi connectivity index (χ0v) is 18.0. The molecule has 0 amide bonds. The Hall–Kier alpha value is -3.30. The summed E-state index contributed by atoms with van der Waals surface area (Å²) in [4.78, 5) is 8.83.